The molecule has 1 heterocycles. The summed E-state index contributed by atoms with van der Waals surface area (Å²) in [5.74, 6) is 0. The topological polar surface area (TPSA) is 11.4 Å². The lowest BCUT2D eigenvalue weighted by atomic mass is 9.96. The molecule has 0 fully saturated rings. The molecule has 0 bridgehead atoms. The molecule has 278 valence electrons. The molecule has 10 aromatic carbocycles. The van der Waals surface area contributed by atoms with Gasteiger partial charge < -0.3 is 14.4 Å². The molecule has 11 rings (SSSR count). The summed E-state index contributed by atoms with van der Waals surface area (Å²) in [6, 6.07) is 71.4. The Balaban J connectivity index is 1.14. The van der Waals surface area contributed by atoms with Crippen LogP contribution in [0.1, 0.15) is 5.48 Å². The molecule has 0 aliphatic rings. The van der Waals surface area contributed by atoms with Crippen LogP contribution in [0.15, 0.2) is 236 Å². The summed E-state index contributed by atoms with van der Waals surface area (Å²) in [4.78, 5) is 4.13. The number of fused-ring (bicyclic) bond motifs is 5. The minimum atomic E-state index is -0.118. The summed E-state index contributed by atoms with van der Waals surface area (Å²) in [5.41, 5.74) is 8.79. The number of benzene rings is 10. The Bertz CT molecular complexity index is 3440. The van der Waals surface area contributed by atoms with Crippen molar-refractivity contribution in [2.24, 2.45) is 0 Å². The molecule has 0 aliphatic carbocycles. The summed E-state index contributed by atoms with van der Waals surface area (Å²) in [6.07, 6.45) is 0. The van der Waals surface area contributed by atoms with Crippen molar-refractivity contribution in [2.45, 2.75) is 0 Å². The van der Waals surface area contributed by atoms with Crippen molar-refractivity contribution >= 4 is 77.5 Å². The van der Waals surface area contributed by atoms with Gasteiger partial charge >= 0.3 is 0 Å². The zero-order chi connectivity index (χ0) is 42.6. The van der Waals surface area contributed by atoms with Crippen LogP contribution in [-0.2, 0) is 0 Å². The molecule has 0 amide bonds. The Kier molecular flexibility index (Phi) is 7.48. The van der Waals surface area contributed by atoms with Crippen LogP contribution >= 0.6 is 0 Å². The van der Waals surface area contributed by atoms with Gasteiger partial charge in [0.25, 0.3) is 0 Å². The van der Waals surface area contributed by atoms with E-state index in [-0.39, 0.29) is 35.4 Å². The Hall–Kier alpha value is -7.88. The third kappa shape index (κ3) is 6.00. The van der Waals surface area contributed by atoms with Gasteiger partial charge in [0.1, 0.15) is 0 Å². The number of aromatic nitrogens is 1. The third-order valence-corrected chi connectivity index (χ3v) is 11.2. The van der Waals surface area contributed by atoms with Crippen LogP contribution in [0.4, 0.5) is 34.1 Å². The molecule has 0 saturated heterocycles. The molecule has 3 heteroatoms. The van der Waals surface area contributed by atoms with Gasteiger partial charge in [-0.2, -0.15) is 0 Å². The zero-order valence-electron chi connectivity index (χ0n) is 36.0. The second kappa shape index (κ2) is 14.6. The summed E-state index contributed by atoms with van der Waals surface area (Å²) < 4.78 is 40.5. The number of hydrogen-bond acceptors (Lipinski definition) is 2. The molecule has 0 radical (unpaired) electrons. The van der Waals surface area contributed by atoms with Crippen LogP contribution in [0.3, 0.4) is 0 Å². The van der Waals surface area contributed by atoms with Crippen molar-refractivity contribution in [3.63, 3.8) is 0 Å². The molecule has 0 spiro atoms. The molecule has 0 atom stereocenters. The van der Waals surface area contributed by atoms with Gasteiger partial charge in [-0.3, -0.25) is 0 Å². The van der Waals surface area contributed by atoms with Gasteiger partial charge in [-0.1, -0.05) is 152 Å². The third-order valence-electron chi connectivity index (χ3n) is 11.2. The second-order valence-corrected chi connectivity index (χ2v) is 14.6. The lowest BCUT2D eigenvalue weighted by Crippen LogP contribution is -2.11. The van der Waals surface area contributed by atoms with Crippen molar-refractivity contribution < 1.29 is 5.48 Å². The maximum absolute atomic E-state index is 9.58. The van der Waals surface area contributed by atoms with Crippen LogP contribution in [0, 0.1) is 0 Å². The highest BCUT2D eigenvalue weighted by Gasteiger charge is 2.21. The first kappa shape index (κ1) is 30.3. The molecule has 59 heavy (non-hydrogen) atoms. The van der Waals surface area contributed by atoms with Crippen molar-refractivity contribution in [1.82, 2.24) is 4.57 Å². The highest BCUT2D eigenvalue weighted by Crippen LogP contribution is 2.46. The van der Waals surface area contributed by atoms with Gasteiger partial charge in [0.15, 0.2) is 0 Å². The van der Waals surface area contributed by atoms with E-state index < -0.39 is 0 Å². The highest BCUT2D eigenvalue weighted by molar-refractivity contribution is 6.13. The second-order valence-electron chi connectivity index (χ2n) is 14.6. The minimum absolute atomic E-state index is 0.105. The Morgan fingerprint density at radius 1 is 0.339 bits per heavy atom. The minimum Gasteiger partial charge on any atom is -0.311 e. The molecule has 0 unspecified atom stereocenters. The molecule has 3 nitrogen and oxygen atoms in total. The summed E-state index contributed by atoms with van der Waals surface area (Å²) in [6.45, 7) is 0. The monoisotopic (exact) mass is 757 g/mol. The summed E-state index contributed by atoms with van der Waals surface area (Å²) in [7, 11) is 0. The number of nitrogens with zero attached hydrogens (tertiary/aromatic N) is 3. The maximum atomic E-state index is 9.58. The Morgan fingerprint density at radius 2 is 0.881 bits per heavy atom. The first-order valence-electron chi connectivity index (χ1n) is 21.9. The van der Waals surface area contributed by atoms with Gasteiger partial charge in [0, 0.05) is 50.0 Å². The zero-order valence-corrected chi connectivity index (χ0v) is 32.0. The molecular weight excluding hydrogens is 715 g/mol. The van der Waals surface area contributed by atoms with E-state index in [1.807, 2.05) is 95.9 Å². The van der Waals surface area contributed by atoms with Crippen LogP contribution in [-0.4, -0.2) is 4.57 Å². The van der Waals surface area contributed by atoms with Crippen molar-refractivity contribution in [1.29, 1.82) is 0 Å². The first-order chi connectivity index (χ1) is 31.0. The quantitative estimate of drug-likeness (QED) is 0.153. The van der Waals surface area contributed by atoms with Gasteiger partial charge in [-0.25, -0.2) is 0 Å². The van der Waals surface area contributed by atoms with E-state index in [9.17, 15) is 5.48 Å². The highest BCUT2D eigenvalue weighted by atomic mass is 15.1. The lowest BCUT2D eigenvalue weighted by molar-refractivity contribution is 1.18. The van der Waals surface area contributed by atoms with Crippen LogP contribution < -0.4 is 9.80 Å². The van der Waals surface area contributed by atoms with Crippen LogP contribution in [0.25, 0.3) is 60.2 Å². The van der Waals surface area contributed by atoms with Crippen molar-refractivity contribution in [3.05, 3.63) is 236 Å². The number of hydrogen-bond donors (Lipinski definition) is 0. The van der Waals surface area contributed by atoms with Crippen molar-refractivity contribution in [3.8, 4) is 16.8 Å². The Labute approximate surface area is 349 Å². The van der Waals surface area contributed by atoms with Crippen molar-refractivity contribution in [2.75, 3.05) is 9.80 Å². The SMILES string of the molecule is [2H]c1c([2H])c(N(c2ccccc2)c2ccccc2)c([2H])c([2H])c1-c1cccc2c(N(c3ccc4c(c3)c3ccccc3n4-c3ccccc3)c3cccc4ccccc34)cccc12. The molecule has 11 aromatic rings. The number of rotatable bonds is 8. The van der Waals surface area contributed by atoms with E-state index in [0.29, 0.717) is 5.56 Å². The number of para-hydroxylation sites is 4. The fourth-order valence-corrected chi connectivity index (χ4v) is 8.59. The van der Waals surface area contributed by atoms with Crippen LogP contribution in [0.5, 0.6) is 0 Å². The molecule has 0 saturated carbocycles. The van der Waals surface area contributed by atoms with E-state index >= 15 is 0 Å². The maximum Gasteiger partial charge on any atom is 0.0645 e. The van der Waals surface area contributed by atoms with Gasteiger partial charge in [0.05, 0.1) is 27.9 Å². The summed E-state index contributed by atoms with van der Waals surface area (Å²) in [5, 5.41) is 6.22. The largest absolute Gasteiger partial charge is 0.311 e. The van der Waals surface area contributed by atoms with E-state index in [1.165, 1.54) is 0 Å². The molecule has 1 aromatic heterocycles. The van der Waals surface area contributed by atoms with E-state index in [1.54, 1.807) is 0 Å². The summed E-state index contributed by atoms with van der Waals surface area (Å²) >= 11 is 0. The van der Waals surface area contributed by atoms with E-state index in [2.05, 4.69) is 131 Å². The van der Waals surface area contributed by atoms with Gasteiger partial charge in [-0.15, -0.1) is 0 Å². The molecular formula is C56H39N3. The van der Waals surface area contributed by atoms with Crippen LogP contribution in [0.2, 0.25) is 0 Å². The van der Waals surface area contributed by atoms with E-state index in [4.69, 9.17) is 0 Å². The first-order valence-corrected chi connectivity index (χ1v) is 19.9. The fraction of sp³-hybridized carbons (Fsp3) is 0. The normalized spacial score (nSPS) is 12.3. The fourth-order valence-electron chi connectivity index (χ4n) is 8.59. The average Bonchev–Trinajstić information content (AvgIpc) is 3.67. The van der Waals surface area contributed by atoms with Gasteiger partial charge in [0.2, 0.25) is 0 Å². The standard InChI is InChI=1S/C56H39N3/c1-4-19-42(20-5-1)57(43-21-6-2-7-22-43)45-35-33-41(34-36-45)47-27-15-29-50-49(47)28-16-32-55(50)59(53-31-14-18-40-17-10-11-25-48(40)53)46-37-38-56-52(39-46)51-26-12-13-30-54(51)58(56)44-23-8-3-9-24-44/h1-39H/i33D,34D,35D,36D. The van der Waals surface area contributed by atoms with E-state index in [0.717, 1.165) is 77.5 Å². The average molecular weight is 758 g/mol. The predicted molar refractivity (Wildman–Crippen MR) is 251 cm³/mol. The number of anilines is 6. The smallest absolute Gasteiger partial charge is 0.0645 e. The van der Waals surface area contributed by atoms with Gasteiger partial charge in [-0.05, 0) is 107 Å². The Morgan fingerprint density at radius 3 is 1.63 bits per heavy atom. The predicted octanol–water partition coefficient (Wildman–Crippen LogP) is 15.7. The molecule has 0 aliphatic heterocycles. The molecule has 0 N–H and O–H groups in total. The lowest BCUT2D eigenvalue weighted by Gasteiger charge is -2.28.